The Bertz CT molecular complexity index is 226. The van der Waals surface area contributed by atoms with Gasteiger partial charge in [0.1, 0.15) is 0 Å². The van der Waals surface area contributed by atoms with Crippen LogP contribution in [0.5, 0.6) is 0 Å². The molecule has 2 nitrogen and oxygen atoms in total. The fourth-order valence-corrected chi connectivity index (χ4v) is 2.68. The predicted octanol–water partition coefficient (Wildman–Crippen LogP) is 2.36. The summed E-state index contributed by atoms with van der Waals surface area (Å²) in [5.74, 6) is 0.853. The molecule has 1 saturated carbocycles. The van der Waals surface area contributed by atoms with Crippen molar-refractivity contribution in [1.29, 1.82) is 0 Å². The van der Waals surface area contributed by atoms with Crippen LogP contribution in [0.3, 0.4) is 0 Å². The molecule has 0 spiro atoms. The average Bonchev–Trinajstić information content (AvgIpc) is 2.97. The Labute approximate surface area is 101 Å². The zero-order chi connectivity index (χ0) is 10.7. The maximum atomic E-state index is 3.92. The second kappa shape index (κ2) is 5.46. The molecule has 1 heterocycles. The molecule has 1 aliphatic heterocycles. The highest BCUT2D eigenvalue weighted by Gasteiger charge is 2.24. The third-order valence-corrected chi connectivity index (χ3v) is 3.52. The number of nitrogens with one attached hydrogen (secondary N) is 1. The van der Waals surface area contributed by atoms with Gasteiger partial charge in [-0.2, -0.15) is 0 Å². The first-order valence-electron chi connectivity index (χ1n) is 6.03. The Hall–Kier alpha value is 0.140. The van der Waals surface area contributed by atoms with E-state index in [9.17, 15) is 0 Å². The number of hydrogen-bond acceptors (Lipinski definition) is 2. The van der Waals surface area contributed by atoms with Crippen molar-refractivity contribution in [3.8, 4) is 0 Å². The third kappa shape index (κ3) is 4.25. The molecule has 0 amide bonds. The average molecular weight is 273 g/mol. The summed E-state index contributed by atoms with van der Waals surface area (Å²) < 4.78 is 1.11. The van der Waals surface area contributed by atoms with E-state index in [-0.39, 0.29) is 0 Å². The number of rotatable bonds is 5. The van der Waals surface area contributed by atoms with Crippen molar-refractivity contribution >= 4 is 15.9 Å². The van der Waals surface area contributed by atoms with E-state index in [1.54, 1.807) is 0 Å². The number of piperidine rings is 1. The largest absolute Gasteiger partial charge is 0.314 e. The van der Waals surface area contributed by atoms with Gasteiger partial charge in [-0.25, -0.2) is 0 Å². The summed E-state index contributed by atoms with van der Waals surface area (Å²) in [4.78, 5) is 2.51. The lowest BCUT2D eigenvalue weighted by Crippen LogP contribution is -2.40. The second-order valence-electron chi connectivity index (χ2n) is 4.94. The summed E-state index contributed by atoms with van der Waals surface area (Å²) in [5.41, 5.74) is 0. The molecule has 0 aromatic carbocycles. The summed E-state index contributed by atoms with van der Waals surface area (Å²) in [6.07, 6.45) is 5.53. The third-order valence-electron chi connectivity index (χ3n) is 3.27. The van der Waals surface area contributed by atoms with Crippen LogP contribution in [0, 0.1) is 5.92 Å². The molecule has 3 heteroatoms. The fraction of sp³-hybridized carbons (Fsp3) is 0.833. The zero-order valence-electron chi connectivity index (χ0n) is 9.34. The van der Waals surface area contributed by atoms with E-state index < -0.39 is 0 Å². The first-order chi connectivity index (χ1) is 7.24. The topological polar surface area (TPSA) is 15.3 Å². The highest BCUT2D eigenvalue weighted by Crippen LogP contribution is 2.21. The quantitative estimate of drug-likeness (QED) is 0.827. The molecule has 1 aliphatic carbocycles. The van der Waals surface area contributed by atoms with Crippen molar-refractivity contribution in [2.75, 3.05) is 26.2 Å². The summed E-state index contributed by atoms with van der Waals surface area (Å²) in [6, 6.07) is 0.853. The Morgan fingerprint density at radius 1 is 1.40 bits per heavy atom. The number of nitrogens with zero attached hydrogens (tertiary/aromatic N) is 1. The molecule has 1 N–H and O–H groups in total. The number of hydrogen-bond donors (Lipinski definition) is 1. The normalized spacial score (nSPS) is 27.9. The van der Waals surface area contributed by atoms with Crippen LogP contribution in [0.1, 0.15) is 25.7 Å². The molecular weight excluding hydrogens is 252 g/mol. The van der Waals surface area contributed by atoms with E-state index in [0.29, 0.717) is 0 Å². The Balaban J connectivity index is 1.68. The van der Waals surface area contributed by atoms with Crippen molar-refractivity contribution in [3.63, 3.8) is 0 Å². The lowest BCUT2D eigenvalue weighted by atomic mass is 9.98. The number of likely N-dealkylation sites (tertiary alicyclic amines) is 1. The van der Waals surface area contributed by atoms with Crippen LogP contribution in [-0.4, -0.2) is 37.1 Å². The van der Waals surface area contributed by atoms with Gasteiger partial charge in [-0.1, -0.05) is 22.5 Å². The highest BCUT2D eigenvalue weighted by atomic mass is 79.9. The molecule has 0 radical (unpaired) electrons. The van der Waals surface area contributed by atoms with Crippen LogP contribution >= 0.6 is 15.9 Å². The van der Waals surface area contributed by atoms with Crippen molar-refractivity contribution in [3.05, 3.63) is 11.1 Å². The van der Waals surface area contributed by atoms with Crippen LogP contribution in [0.25, 0.3) is 0 Å². The monoisotopic (exact) mass is 272 g/mol. The second-order valence-corrected chi connectivity index (χ2v) is 6.06. The molecular formula is C12H21BrN2. The molecule has 0 bridgehead atoms. The molecule has 0 aromatic heterocycles. The Morgan fingerprint density at radius 3 is 2.87 bits per heavy atom. The van der Waals surface area contributed by atoms with Crippen molar-refractivity contribution in [2.45, 2.75) is 31.7 Å². The van der Waals surface area contributed by atoms with Gasteiger partial charge in [0.15, 0.2) is 0 Å². The van der Waals surface area contributed by atoms with Gasteiger partial charge in [0.05, 0.1) is 0 Å². The molecule has 2 fully saturated rings. The molecule has 2 rings (SSSR count). The zero-order valence-corrected chi connectivity index (χ0v) is 10.9. The van der Waals surface area contributed by atoms with Gasteiger partial charge in [0.25, 0.3) is 0 Å². The minimum Gasteiger partial charge on any atom is -0.314 e. The lowest BCUT2D eigenvalue weighted by Gasteiger charge is -2.32. The van der Waals surface area contributed by atoms with Gasteiger partial charge in [-0.3, -0.25) is 4.90 Å². The maximum absolute atomic E-state index is 3.92. The standard InChI is InChI=1S/C12H21BrN2/c1-10(13)8-15-6-2-3-11(9-15)7-14-12-4-5-12/h11-12,14H,1-9H2. The van der Waals surface area contributed by atoms with Crippen LogP contribution < -0.4 is 5.32 Å². The van der Waals surface area contributed by atoms with Crippen LogP contribution in [0.2, 0.25) is 0 Å². The summed E-state index contributed by atoms with van der Waals surface area (Å²) in [5, 5.41) is 3.64. The minimum atomic E-state index is 0.853. The smallest absolute Gasteiger partial charge is 0.0294 e. The molecule has 2 aliphatic rings. The van der Waals surface area contributed by atoms with Crippen molar-refractivity contribution in [1.82, 2.24) is 10.2 Å². The van der Waals surface area contributed by atoms with Crippen molar-refractivity contribution < 1.29 is 0 Å². The molecule has 86 valence electrons. The van der Waals surface area contributed by atoms with E-state index in [0.717, 1.165) is 23.0 Å². The van der Waals surface area contributed by atoms with Gasteiger partial charge in [0, 0.05) is 23.6 Å². The predicted molar refractivity (Wildman–Crippen MR) is 68.3 cm³/mol. The minimum absolute atomic E-state index is 0.853. The van der Waals surface area contributed by atoms with Gasteiger partial charge >= 0.3 is 0 Å². The van der Waals surface area contributed by atoms with Crippen LogP contribution in [-0.2, 0) is 0 Å². The first kappa shape index (κ1) is 11.6. The summed E-state index contributed by atoms with van der Waals surface area (Å²) in [7, 11) is 0. The van der Waals surface area contributed by atoms with E-state index in [1.165, 1.54) is 45.3 Å². The lowest BCUT2D eigenvalue weighted by molar-refractivity contribution is 0.187. The highest BCUT2D eigenvalue weighted by molar-refractivity contribution is 9.11. The molecule has 1 saturated heterocycles. The molecule has 1 unspecified atom stereocenters. The SMILES string of the molecule is C=C(Br)CN1CCCC(CNC2CC2)C1. The summed E-state index contributed by atoms with van der Waals surface area (Å²) in [6.45, 7) is 8.63. The van der Waals surface area contributed by atoms with Crippen molar-refractivity contribution in [2.24, 2.45) is 5.92 Å². The Morgan fingerprint density at radius 2 is 2.20 bits per heavy atom. The fourth-order valence-electron chi connectivity index (χ4n) is 2.32. The van der Waals surface area contributed by atoms with Gasteiger partial charge in [-0.05, 0) is 44.7 Å². The molecule has 15 heavy (non-hydrogen) atoms. The van der Waals surface area contributed by atoms with E-state index in [1.807, 2.05) is 0 Å². The Kier molecular flexibility index (Phi) is 4.23. The van der Waals surface area contributed by atoms with Crippen LogP contribution in [0.4, 0.5) is 0 Å². The number of halogens is 1. The summed E-state index contributed by atoms with van der Waals surface area (Å²) >= 11 is 3.45. The van der Waals surface area contributed by atoms with Gasteiger partial charge < -0.3 is 5.32 Å². The molecule has 0 aromatic rings. The van der Waals surface area contributed by atoms with E-state index >= 15 is 0 Å². The molecule has 1 atom stereocenters. The van der Waals surface area contributed by atoms with E-state index in [2.05, 4.69) is 32.7 Å². The first-order valence-corrected chi connectivity index (χ1v) is 6.82. The van der Waals surface area contributed by atoms with Gasteiger partial charge in [0.2, 0.25) is 0 Å². The van der Waals surface area contributed by atoms with Crippen LogP contribution in [0.15, 0.2) is 11.1 Å². The van der Waals surface area contributed by atoms with Gasteiger partial charge in [-0.15, -0.1) is 0 Å². The maximum Gasteiger partial charge on any atom is 0.0294 e. The van der Waals surface area contributed by atoms with E-state index in [4.69, 9.17) is 0 Å².